The number of rotatable bonds is 4. The van der Waals surface area contributed by atoms with Crippen molar-refractivity contribution in [3.63, 3.8) is 0 Å². The van der Waals surface area contributed by atoms with Crippen LogP contribution in [0.4, 0.5) is 20.2 Å². The molecule has 10 heteroatoms. The predicted octanol–water partition coefficient (Wildman–Crippen LogP) is 2.38. The SMILES string of the molecule is O=[N+]([O-])c1ccccc1N1CCN(S(=O)(=O)c2ccc(F)cc2F)CC1. The van der Waals surface area contributed by atoms with Crippen LogP contribution in [-0.4, -0.2) is 43.8 Å². The number of benzene rings is 2. The Morgan fingerprint density at radius 3 is 2.27 bits per heavy atom. The van der Waals surface area contributed by atoms with Gasteiger partial charge in [0.1, 0.15) is 22.2 Å². The summed E-state index contributed by atoms with van der Waals surface area (Å²) in [6, 6.07) is 8.51. The molecule has 0 saturated carbocycles. The van der Waals surface area contributed by atoms with Crippen molar-refractivity contribution < 1.29 is 22.1 Å². The molecule has 138 valence electrons. The molecule has 0 aromatic heterocycles. The van der Waals surface area contributed by atoms with Crippen LogP contribution in [0.5, 0.6) is 0 Å². The van der Waals surface area contributed by atoms with Gasteiger partial charge in [-0.2, -0.15) is 4.31 Å². The average Bonchev–Trinajstić information content (AvgIpc) is 2.61. The monoisotopic (exact) mass is 383 g/mol. The quantitative estimate of drug-likeness (QED) is 0.598. The smallest absolute Gasteiger partial charge is 0.292 e. The summed E-state index contributed by atoms with van der Waals surface area (Å²) < 4.78 is 53.1. The number of para-hydroxylation sites is 2. The molecule has 0 atom stereocenters. The first-order valence-electron chi connectivity index (χ1n) is 7.74. The zero-order valence-corrected chi connectivity index (χ0v) is 14.3. The molecule has 0 radical (unpaired) electrons. The van der Waals surface area contributed by atoms with Crippen molar-refractivity contribution in [2.45, 2.75) is 4.90 Å². The highest BCUT2D eigenvalue weighted by Gasteiger charge is 2.32. The summed E-state index contributed by atoms with van der Waals surface area (Å²) in [6.07, 6.45) is 0. The third-order valence-corrected chi connectivity index (χ3v) is 6.10. The topological polar surface area (TPSA) is 83.8 Å². The van der Waals surface area contributed by atoms with E-state index in [1.807, 2.05) is 0 Å². The summed E-state index contributed by atoms with van der Waals surface area (Å²) >= 11 is 0. The standard InChI is InChI=1S/C16H15F2N3O4S/c17-12-5-6-16(13(18)11-12)26(24,25)20-9-7-19(8-10-20)14-3-1-2-4-15(14)21(22)23/h1-6,11H,7-10H2. The van der Waals surface area contributed by atoms with Crippen LogP contribution >= 0.6 is 0 Å². The van der Waals surface area contributed by atoms with Gasteiger partial charge in [0.25, 0.3) is 5.69 Å². The lowest BCUT2D eigenvalue weighted by Gasteiger charge is -2.35. The molecule has 1 aliphatic rings. The summed E-state index contributed by atoms with van der Waals surface area (Å²) in [5, 5.41) is 11.1. The van der Waals surface area contributed by atoms with E-state index in [-0.39, 0.29) is 31.9 Å². The van der Waals surface area contributed by atoms with Crippen LogP contribution in [0, 0.1) is 21.7 Å². The van der Waals surface area contributed by atoms with Gasteiger partial charge in [-0.05, 0) is 18.2 Å². The largest absolute Gasteiger partial charge is 0.363 e. The van der Waals surface area contributed by atoms with Crippen LogP contribution in [0.2, 0.25) is 0 Å². The first kappa shape index (κ1) is 18.2. The van der Waals surface area contributed by atoms with Gasteiger partial charge in [0, 0.05) is 38.3 Å². The van der Waals surface area contributed by atoms with E-state index in [1.165, 1.54) is 6.07 Å². The van der Waals surface area contributed by atoms with Crippen LogP contribution in [0.1, 0.15) is 0 Å². The molecule has 1 fully saturated rings. The first-order valence-corrected chi connectivity index (χ1v) is 9.18. The van der Waals surface area contributed by atoms with Crippen molar-refractivity contribution in [1.82, 2.24) is 4.31 Å². The summed E-state index contributed by atoms with van der Waals surface area (Å²) in [5.74, 6) is -2.01. The second-order valence-electron chi connectivity index (χ2n) is 5.71. The Hall–Kier alpha value is -2.59. The Kier molecular flexibility index (Phi) is 4.88. The minimum Gasteiger partial charge on any atom is -0.363 e. The highest BCUT2D eigenvalue weighted by Crippen LogP contribution is 2.29. The van der Waals surface area contributed by atoms with Gasteiger partial charge in [0.2, 0.25) is 10.0 Å². The Morgan fingerprint density at radius 2 is 1.65 bits per heavy atom. The number of anilines is 1. The summed E-state index contributed by atoms with van der Waals surface area (Å²) in [7, 11) is -4.11. The molecule has 0 bridgehead atoms. The lowest BCUT2D eigenvalue weighted by molar-refractivity contribution is -0.384. The van der Waals surface area contributed by atoms with Gasteiger partial charge in [-0.3, -0.25) is 10.1 Å². The molecular formula is C16H15F2N3O4S. The number of nitro groups is 1. The highest BCUT2D eigenvalue weighted by molar-refractivity contribution is 7.89. The van der Waals surface area contributed by atoms with Crippen molar-refractivity contribution in [2.24, 2.45) is 0 Å². The van der Waals surface area contributed by atoms with E-state index in [2.05, 4.69) is 0 Å². The van der Waals surface area contributed by atoms with Crippen molar-refractivity contribution in [3.05, 3.63) is 64.2 Å². The Labute approximate surface area is 148 Å². The van der Waals surface area contributed by atoms with Gasteiger partial charge in [-0.25, -0.2) is 17.2 Å². The van der Waals surface area contributed by atoms with Gasteiger partial charge in [0.05, 0.1) is 4.92 Å². The minimum absolute atomic E-state index is 0.0329. The number of hydrogen-bond acceptors (Lipinski definition) is 5. The average molecular weight is 383 g/mol. The predicted molar refractivity (Wildman–Crippen MR) is 90.4 cm³/mol. The molecule has 2 aromatic rings. The molecular weight excluding hydrogens is 368 g/mol. The zero-order chi connectivity index (χ0) is 18.9. The molecule has 0 unspecified atom stereocenters. The number of sulfonamides is 1. The number of halogens is 2. The second kappa shape index (κ2) is 6.96. The van der Waals surface area contributed by atoms with E-state index >= 15 is 0 Å². The zero-order valence-electron chi connectivity index (χ0n) is 13.5. The Bertz CT molecular complexity index is 944. The van der Waals surface area contributed by atoms with E-state index in [4.69, 9.17) is 0 Å². The molecule has 7 nitrogen and oxygen atoms in total. The molecule has 1 saturated heterocycles. The maximum atomic E-state index is 13.9. The van der Waals surface area contributed by atoms with E-state index < -0.39 is 31.5 Å². The van der Waals surface area contributed by atoms with E-state index in [1.54, 1.807) is 23.1 Å². The van der Waals surface area contributed by atoms with Crippen molar-refractivity contribution >= 4 is 21.4 Å². The fourth-order valence-electron chi connectivity index (χ4n) is 2.88. The van der Waals surface area contributed by atoms with E-state index in [0.29, 0.717) is 11.8 Å². The minimum atomic E-state index is -4.11. The number of hydrogen-bond donors (Lipinski definition) is 0. The number of nitro benzene ring substituents is 1. The molecule has 26 heavy (non-hydrogen) atoms. The fourth-order valence-corrected chi connectivity index (χ4v) is 4.35. The summed E-state index contributed by atoms with van der Waals surface area (Å²) in [6.45, 7) is 0.496. The summed E-state index contributed by atoms with van der Waals surface area (Å²) in [4.78, 5) is 11.8. The van der Waals surface area contributed by atoms with Gasteiger partial charge < -0.3 is 4.90 Å². The number of piperazine rings is 1. The molecule has 1 heterocycles. The fraction of sp³-hybridized carbons (Fsp3) is 0.250. The van der Waals surface area contributed by atoms with Crippen molar-refractivity contribution in [2.75, 3.05) is 31.1 Å². The highest BCUT2D eigenvalue weighted by atomic mass is 32.2. The third kappa shape index (κ3) is 3.37. The van der Waals surface area contributed by atoms with Gasteiger partial charge >= 0.3 is 0 Å². The van der Waals surface area contributed by atoms with E-state index in [9.17, 15) is 27.3 Å². The third-order valence-electron chi connectivity index (χ3n) is 4.17. The molecule has 0 amide bonds. The van der Waals surface area contributed by atoms with Crippen LogP contribution in [-0.2, 0) is 10.0 Å². The molecule has 1 aliphatic heterocycles. The van der Waals surface area contributed by atoms with Crippen LogP contribution < -0.4 is 4.90 Å². The molecule has 3 rings (SSSR count). The first-order chi connectivity index (χ1) is 12.3. The van der Waals surface area contributed by atoms with Gasteiger partial charge in [-0.1, -0.05) is 12.1 Å². The molecule has 0 aliphatic carbocycles. The molecule has 0 spiro atoms. The van der Waals surface area contributed by atoms with Crippen LogP contribution in [0.3, 0.4) is 0 Å². The van der Waals surface area contributed by atoms with Gasteiger partial charge in [-0.15, -0.1) is 0 Å². The maximum Gasteiger partial charge on any atom is 0.292 e. The van der Waals surface area contributed by atoms with Gasteiger partial charge in [0.15, 0.2) is 0 Å². The van der Waals surface area contributed by atoms with Crippen LogP contribution in [0.15, 0.2) is 47.4 Å². The second-order valence-corrected chi connectivity index (χ2v) is 7.62. The van der Waals surface area contributed by atoms with E-state index in [0.717, 1.165) is 16.4 Å². The van der Waals surface area contributed by atoms with Crippen molar-refractivity contribution in [1.29, 1.82) is 0 Å². The number of nitrogens with zero attached hydrogens (tertiary/aromatic N) is 3. The lowest BCUT2D eigenvalue weighted by atomic mass is 10.2. The molecule has 0 N–H and O–H groups in total. The van der Waals surface area contributed by atoms with Crippen molar-refractivity contribution in [3.8, 4) is 0 Å². The molecule has 2 aromatic carbocycles. The summed E-state index contributed by atoms with van der Waals surface area (Å²) in [5.41, 5.74) is 0.343. The maximum absolute atomic E-state index is 13.9. The van der Waals surface area contributed by atoms with Crippen LogP contribution in [0.25, 0.3) is 0 Å². The Balaban J connectivity index is 1.79. The lowest BCUT2D eigenvalue weighted by Crippen LogP contribution is -2.49. The normalized spacial score (nSPS) is 15.8. The Morgan fingerprint density at radius 1 is 1.00 bits per heavy atom.